The van der Waals surface area contributed by atoms with E-state index >= 15 is 0 Å². The van der Waals surface area contributed by atoms with Gasteiger partial charge in [0.2, 0.25) is 0 Å². The molecule has 18 heavy (non-hydrogen) atoms. The fourth-order valence-electron chi connectivity index (χ4n) is 1.50. The number of methoxy groups -OCH3 is 1. The second-order valence-corrected chi connectivity index (χ2v) is 4.36. The molecule has 0 unspecified atom stereocenters. The number of halogens is 1. The van der Waals surface area contributed by atoms with E-state index in [1.807, 2.05) is 0 Å². The largest absolute Gasteiger partial charge is 0.504 e. The Bertz CT molecular complexity index is 572. The summed E-state index contributed by atoms with van der Waals surface area (Å²) in [6.07, 6.45) is 1.44. The molecule has 1 aliphatic heterocycles. The van der Waals surface area contributed by atoms with Gasteiger partial charge in [-0.3, -0.25) is 10.1 Å². The fraction of sp³-hybridized carbons (Fsp3) is 0.0909. The molecular formula is C11H9ClN2O3S. The van der Waals surface area contributed by atoms with Crippen LogP contribution in [0.4, 0.5) is 0 Å². The third-order valence-electron chi connectivity index (χ3n) is 2.31. The molecule has 1 aliphatic rings. The summed E-state index contributed by atoms with van der Waals surface area (Å²) < 4.78 is 4.97. The monoisotopic (exact) mass is 284 g/mol. The van der Waals surface area contributed by atoms with Crippen LogP contribution in [0.25, 0.3) is 6.08 Å². The molecule has 0 aromatic heterocycles. The Morgan fingerprint density at radius 3 is 2.72 bits per heavy atom. The van der Waals surface area contributed by atoms with E-state index in [1.54, 1.807) is 0 Å². The lowest BCUT2D eigenvalue weighted by Crippen LogP contribution is -2.21. The zero-order valence-electron chi connectivity index (χ0n) is 9.28. The van der Waals surface area contributed by atoms with Gasteiger partial charge in [-0.1, -0.05) is 11.6 Å². The number of phenols is 1. The maximum Gasteiger partial charge on any atom is 0.273 e. The second kappa shape index (κ2) is 4.83. The van der Waals surface area contributed by atoms with Crippen LogP contribution in [0.2, 0.25) is 5.02 Å². The summed E-state index contributed by atoms with van der Waals surface area (Å²) >= 11 is 10.7. The lowest BCUT2D eigenvalue weighted by Gasteiger charge is -2.07. The molecule has 2 rings (SSSR count). The van der Waals surface area contributed by atoms with E-state index < -0.39 is 0 Å². The molecule has 0 aliphatic carbocycles. The van der Waals surface area contributed by atoms with Gasteiger partial charge in [-0.25, -0.2) is 0 Å². The molecule has 0 bridgehead atoms. The molecule has 94 valence electrons. The van der Waals surface area contributed by atoms with Crippen molar-refractivity contribution in [3.8, 4) is 11.5 Å². The third-order valence-corrected chi connectivity index (χ3v) is 2.73. The molecule has 1 aromatic rings. The first-order chi connectivity index (χ1) is 8.51. The minimum absolute atomic E-state index is 0.0955. The minimum Gasteiger partial charge on any atom is -0.504 e. The molecule has 0 spiro atoms. The quantitative estimate of drug-likeness (QED) is 0.566. The molecule has 0 saturated carbocycles. The van der Waals surface area contributed by atoms with Crippen LogP contribution in [0.5, 0.6) is 11.5 Å². The van der Waals surface area contributed by atoms with Crippen molar-refractivity contribution in [2.75, 3.05) is 7.11 Å². The highest BCUT2D eigenvalue weighted by Gasteiger charge is 2.21. The SMILES string of the molecule is COc1cc(Cl)cc(C=C2NC(=S)NC2=O)c1O. The summed E-state index contributed by atoms with van der Waals surface area (Å²) in [5.74, 6) is -0.226. The van der Waals surface area contributed by atoms with E-state index in [9.17, 15) is 9.90 Å². The van der Waals surface area contributed by atoms with Gasteiger partial charge in [0.05, 0.1) is 7.11 Å². The normalized spacial score (nSPS) is 16.7. The maximum atomic E-state index is 11.5. The molecule has 3 N–H and O–H groups in total. The van der Waals surface area contributed by atoms with Crippen molar-refractivity contribution in [3.05, 3.63) is 28.4 Å². The number of carbonyl (C=O) groups excluding carboxylic acids is 1. The Balaban J connectivity index is 2.46. The number of nitrogens with one attached hydrogen (secondary N) is 2. The number of hydrogen-bond acceptors (Lipinski definition) is 4. The third kappa shape index (κ3) is 2.39. The summed E-state index contributed by atoms with van der Waals surface area (Å²) in [5.41, 5.74) is 0.598. The summed E-state index contributed by atoms with van der Waals surface area (Å²) in [5, 5.41) is 15.6. The van der Waals surface area contributed by atoms with Gasteiger partial charge in [-0.05, 0) is 24.4 Å². The topological polar surface area (TPSA) is 70.6 Å². The zero-order valence-corrected chi connectivity index (χ0v) is 10.9. The number of amides is 1. The predicted molar refractivity (Wildman–Crippen MR) is 71.5 cm³/mol. The van der Waals surface area contributed by atoms with Crippen molar-refractivity contribution in [1.29, 1.82) is 0 Å². The molecular weight excluding hydrogens is 276 g/mol. The van der Waals surface area contributed by atoms with Crippen LogP contribution in [0, 0.1) is 0 Å². The zero-order chi connectivity index (χ0) is 13.3. The number of benzene rings is 1. The van der Waals surface area contributed by atoms with Crippen molar-refractivity contribution in [1.82, 2.24) is 10.6 Å². The molecule has 7 heteroatoms. The van der Waals surface area contributed by atoms with Gasteiger partial charge in [0, 0.05) is 16.7 Å². The van der Waals surface area contributed by atoms with Gasteiger partial charge in [-0.15, -0.1) is 0 Å². The second-order valence-electron chi connectivity index (χ2n) is 3.51. The van der Waals surface area contributed by atoms with Gasteiger partial charge < -0.3 is 15.2 Å². The predicted octanol–water partition coefficient (Wildman–Crippen LogP) is 1.40. The smallest absolute Gasteiger partial charge is 0.273 e. The Labute approximate surface area is 113 Å². The summed E-state index contributed by atoms with van der Waals surface area (Å²) in [4.78, 5) is 11.5. The number of rotatable bonds is 2. The molecule has 5 nitrogen and oxygen atoms in total. The number of thiocarbonyl (C=S) groups is 1. The lowest BCUT2D eigenvalue weighted by molar-refractivity contribution is -0.115. The van der Waals surface area contributed by atoms with E-state index in [4.69, 9.17) is 28.6 Å². The number of ether oxygens (including phenoxy) is 1. The highest BCUT2D eigenvalue weighted by atomic mass is 35.5. The Morgan fingerprint density at radius 1 is 1.44 bits per heavy atom. The highest BCUT2D eigenvalue weighted by molar-refractivity contribution is 7.80. The van der Waals surface area contributed by atoms with E-state index in [1.165, 1.54) is 25.3 Å². The fourth-order valence-corrected chi connectivity index (χ4v) is 1.92. The number of hydrogen-bond donors (Lipinski definition) is 3. The van der Waals surface area contributed by atoms with Gasteiger partial charge >= 0.3 is 0 Å². The molecule has 1 amide bonds. The maximum absolute atomic E-state index is 11.5. The summed E-state index contributed by atoms with van der Waals surface area (Å²) in [6.45, 7) is 0. The van der Waals surface area contributed by atoms with Crippen LogP contribution in [0.15, 0.2) is 17.8 Å². The molecule has 1 aromatic carbocycles. The Morgan fingerprint density at radius 2 is 2.17 bits per heavy atom. The van der Waals surface area contributed by atoms with E-state index in [-0.39, 0.29) is 28.2 Å². The van der Waals surface area contributed by atoms with Crippen LogP contribution in [-0.4, -0.2) is 23.2 Å². The first-order valence-corrected chi connectivity index (χ1v) is 5.70. The van der Waals surface area contributed by atoms with Crippen molar-refractivity contribution < 1.29 is 14.6 Å². The molecule has 1 fully saturated rings. The van der Waals surface area contributed by atoms with Crippen LogP contribution >= 0.6 is 23.8 Å². The van der Waals surface area contributed by atoms with Crippen molar-refractivity contribution in [3.63, 3.8) is 0 Å². The van der Waals surface area contributed by atoms with E-state index in [0.29, 0.717) is 10.6 Å². The Hall–Kier alpha value is -1.79. The number of carbonyl (C=O) groups is 1. The number of phenolic OH excluding ortho intramolecular Hbond substituents is 1. The van der Waals surface area contributed by atoms with Crippen molar-refractivity contribution in [2.24, 2.45) is 0 Å². The van der Waals surface area contributed by atoms with Gasteiger partial charge in [0.15, 0.2) is 16.6 Å². The molecule has 1 heterocycles. The minimum atomic E-state index is -0.363. The van der Waals surface area contributed by atoms with Crippen LogP contribution in [0.3, 0.4) is 0 Å². The van der Waals surface area contributed by atoms with Gasteiger partial charge in [0.1, 0.15) is 5.70 Å². The standard InChI is InChI=1S/C11H9ClN2O3S/c1-17-8-4-6(12)2-5(9(8)15)3-7-10(16)14-11(18)13-7/h2-4,15H,1H3,(H2,13,14,16,18). The van der Waals surface area contributed by atoms with Gasteiger partial charge in [-0.2, -0.15) is 0 Å². The summed E-state index contributed by atoms with van der Waals surface area (Å²) in [7, 11) is 1.41. The highest BCUT2D eigenvalue weighted by Crippen LogP contribution is 2.34. The molecule has 0 atom stereocenters. The summed E-state index contributed by atoms with van der Waals surface area (Å²) in [6, 6.07) is 2.99. The molecule has 0 radical (unpaired) electrons. The van der Waals surface area contributed by atoms with Gasteiger partial charge in [0.25, 0.3) is 5.91 Å². The van der Waals surface area contributed by atoms with Crippen molar-refractivity contribution >= 4 is 40.9 Å². The first kappa shape index (κ1) is 12.7. The molecule has 1 saturated heterocycles. The average molecular weight is 285 g/mol. The number of aromatic hydroxyl groups is 1. The van der Waals surface area contributed by atoms with Crippen LogP contribution < -0.4 is 15.4 Å². The van der Waals surface area contributed by atoms with E-state index in [2.05, 4.69) is 10.6 Å². The van der Waals surface area contributed by atoms with Crippen LogP contribution in [-0.2, 0) is 4.79 Å². The Kier molecular flexibility index (Phi) is 3.40. The van der Waals surface area contributed by atoms with Crippen LogP contribution in [0.1, 0.15) is 5.56 Å². The van der Waals surface area contributed by atoms with E-state index in [0.717, 1.165) is 0 Å². The first-order valence-electron chi connectivity index (χ1n) is 4.92. The van der Waals surface area contributed by atoms with Crippen molar-refractivity contribution in [2.45, 2.75) is 0 Å². The average Bonchev–Trinajstić information content (AvgIpc) is 2.62. The lowest BCUT2D eigenvalue weighted by atomic mass is 10.1.